The molecule has 10 heteroatoms. The van der Waals surface area contributed by atoms with Gasteiger partial charge in [-0.25, -0.2) is 0 Å². The van der Waals surface area contributed by atoms with Gasteiger partial charge < -0.3 is 11.1 Å². The maximum Gasteiger partial charge on any atom is 0.416 e. The first-order valence-corrected chi connectivity index (χ1v) is 7.73. The first-order valence-electron chi connectivity index (χ1n) is 7.73. The third-order valence-corrected chi connectivity index (χ3v) is 3.96. The fourth-order valence-electron chi connectivity index (χ4n) is 2.49. The molecule has 1 aromatic rings. The summed E-state index contributed by atoms with van der Waals surface area (Å²) in [5, 5.41) is 2.28. The molecule has 0 bridgehead atoms. The van der Waals surface area contributed by atoms with E-state index in [2.05, 4.69) is 5.32 Å². The molecule has 2 rings (SSSR count). The lowest BCUT2D eigenvalue weighted by molar-refractivity contribution is -0.143. The second-order valence-electron chi connectivity index (χ2n) is 6.29. The van der Waals surface area contributed by atoms with E-state index in [1.54, 1.807) is 0 Å². The van der Waals surface area contributed by atoms with Gasteiger partial charge in [0, 0.05) is 0 Å². The second kappa shape index (κ2) is 7.16. The molecule has 0 aromatic heterocycles. The zero-order valence-electron chi connectivity index (χ0n) is 13.4. The van der Waals surface area contributed by atoms with Gasteiger partial charge in [0.05, 0.1) is 17.5 Å². The molecule has 0 unspecified atom stereocenters. The van der Waals surface area contributed by atoms with Crippen molar-refractivity contribution in [3.8, 4) is 0 Å². The lowest BCUT2D eigenvalue weighted by Crippen LogP contribution is -2.45. The van der Waals surface area contributed by atoms with Gasteiger partial charge in [0.25, 0.3) is 0 Å². The van der Waals surface area contributed by atoms with Gasteiger partial charge >= 0.3 is 12.4 Å². The number of nitrogens with one attached hydrogen (secondary N) is 1. The van der Waals surface area contributed by atoms with Crippen LogP contribution in [0.5, 0.6) is 0 Å². The van der Waals surface area contributed by atoms with Crippen LogP contribution in [0.2, 0.25) is 0 Å². The standard InChI is InChI=1S/C16H16F6N2O2/c17-15(18,19)10-3-9(4-11(7-10)16(20,21)22)6-13(25)24-12(14(23)26)5-8-1-2-8/h3-4,7-8,12H,1-2,5-6H2,(H2,23,26)(H,24,25)/t12-/m0/s1. The number of benzene rings is 1. The van der Waals surface area contributed by atoms with E-state index in [0.717, 1.165) is 12.8 Å². The fraction of sp³-hybridized carbons (Fsp3) is 0.500. The average molecular weight is 382 g/mol. The van der Waals surface area contributed by atoms with Crippen molar-refractivity contribution in [1.82, 2.24) is 5.32 Å². The lowest BCUT2D eigenvalue weighted by atomic mass is 10.0. The normalized spacial score (nSPS) is 16.2. The molecule has 0 aliphatic heterocycles. The van der Waals surface area contributed by atoms with E-state index >= 15 is 0 Å². The Hall–Kier alpha value is -2.26. The van der Waals surface area contributed by atoms with Crippen LogP contribution in [0.1, 0.15) is 36.0 Å². The molecule has 4 nitrogen and oxygen atoms in total. The zero-order chi connectivity index (χ0) is 19.7. The van der Waals surface area contributed by atoms with Crippen LogP contribution in [-0.2, 0) is 28.4 Å². The van der Waals surface area contributed by atoms with Crippen molar-refractivity contribution in [1.29, 1.82) is 0 Å². The van der Waals surface area contributed by atoms with Crippen molar-refractivity contribution in [2.75, 3.05) is 0 Å². The quantitative estimate of drug-likeness (QED) is 0.743. The fourth-order valence-corrected chi connectivity index (χ4v) is 2.49. The maximum atomic E-state index is 12.8. The third-order valence-electron chi connectivity index (χ3n) is 3.96. The highest BCUT2D eigenvalue weighted by Gasteiger charge is 2.37. The SMILES string of the molecule is NC(=O)[C@H](CC1CC1)NC(=O)Cc1cc(C(F)(F)F)cc(C(F)(F)F)c1. The summed E-state index contributed by atoms with van der Waals surface area (Å²) >= 11 is 0. The highest BCUT2D eigenvalue weighted by molar-refractivity contribution is 5.87. The summed E-state index contributed by atoms with van der Waals surface area (Å²) in [5.74, 6) is -1.44. The van der Waals surface area contributed by atoms with Crippen molar-refractivity contribution in [3.05, 3.63) is 34.9 Å². The molecular formula is C16H16F6N2O2. The molecule has 2 amide bonds. The van der Waals surface area contributed by atoms with Crippen LogP contribution in [0.25, 0.3) is 0 Å². The summed E-state index contributed by atoms with van der Waals surface area (Å²) in [6.07, 6.45) is -8.66. The number of hydrogen-bond donors (Lipinski definition) is 2. The topological polar surface area (TPSA) is 72.2 Å². The van der Waals surface area contributed by atoms with Gasteiger partial charge in [-0.05, 0) is 36.1 Å². The van der Waals surface area contributed by atoms with Crippen LogP contribution < -0.4 is 11.1 Å². The summed E-state index contributed by atoms with van der Waals surface area (Å²) in [6, 6.07) is -0.0482. The number of carbonyl (C=O) groups is 2. The predicted octanol–water partition coefficient (Wildman–Crippen LogP) is 3.04. The summed E-state index contributed by atoms with van der Waals surface area (Å²) in [5.41, 5.74) is 1.71. The average Bonchev–Trinajstić information content (AvgIpc) is 3.28. The van der Waals surface area contributed by atoms with E-state index in [0.29, 0.717) is 18.6 Å². The molecule has 0 radical (unpaired) electrons. The summed E-state index contributed by atoms with van der Waals surface area (Å²) < 4.78 is 76.9. The molecule has 26 heavy (non-hydrogen) atoms. The Labute approximate surface area is 144 Å². The molecule has 1 fully saturated rings. The van der Waals surface area contributed by atoms with E-state index in [4.69, 9.17) is 5.73 Å². The van der Waals surface area contributed by atoms with E-state index < -0.39 is 53.3 Å². The van der Waals surface area contributed by atoms with Crippen LogP contribution in [0.3, 0.4) is 0 Å². The second-order valence-corrected chi connectivity index (χ2v) is 6.29. The predicted molar refractivity (Wildman–Crippen MR) is 78.6 cm³/mol. The molecule has 1 aliphatic rings. The van der Waals surface area contributed by atoms with Crippen LogP contribution >= 0.6 is 0 Å². The molecule has 0 spiro atoms. The van der Waals surface area contributed by atoms with Gasteiger partial charge in [-0.15, -0.1) is 0 Å². The summed E-state index contributed by atoms with van der Waals surface area (Å²) in [4.78, 5) is 23.3. The number of halogens is 6. The molecule has 0 saturated heterocycles. The van der Waals surface area contributed by atoms with E-state index in [1.165, 1.54) is 0 Å². The number of rotatable bonds is 6. The van der Waals surface area contributed by atoms with Crippen molar-refractivity contribution in [2.45, 2.75) is 44.1 Å². The number of amides is 2. The zero-order valence-corrected chi connectivity index (χ0v) is 13.4. The van der Waals surface area contributed by atoms with Gasteiger partial charge in [0.1, 0.15) is 6.04 Å². The van der Waals surface area contributed by atoms with Gasteiger partial charge in [-0.1, -0.05) is 12.8 Å². The molecule has 1 atom stereocenters. The molecule has 1 aromatic carbocycles. The number of hydrogen-bond acceptors (Lipinski definition) is 2. The minimum Gasteiger partial charge on any atom is -0.368 e. The van der Waals surface area contributed by atoms with Crippen LogP contribution in [-0.4, -0.2) is 17.9 Å². The first-order chi connectivity index (χ1) is 11.9. The highest BCUT2D eigenvalue weighted by Crippen LogP contribution is 2.36. The highest BCUT2D eigenvalue weighted by atomic mass is 19.4. The Morgan fingerprint density at radius 2 is 1.54 bits per heavy atom. The molecule has 0 heterocycles. The van der Waals surface area contributed by atoms with E-state index in [-0.39, 0.29) is 12.0 Å². The van der Waals surface area contributed by atoms with E-state index in [9.17, 15) is 35.9 Å². The first kappa shape index (κ1) is 20.1. The van der Waals surface area contributed by atoms with Crippen molar-refractivity contribution >= 4 is 11.8 Å². The van der Waals surface area contributed by atoms with Gasteiger partial charge in [-0.2, -0.15) is 26.3 Å². The smallest absolute Gasteiger partial charge is 0.368 e. The van der Waals surface area contributed by atoms with Crippen LogP contribution in [0.4, 0.5) is 26.3 Å². The number of alkyl halides is 6. The largest absolute Gasteiger partial charge is 0.416 e. The van der Waals surface area contributed by atoms with Gasteiger partial charge in [-0.3, -0.25) is 9.59 Å². The molecular weight excluding hydrogens is 366 g/mol. The molecule has 144 valence electrons. The Kier molecular flexibility index (Phi) is 5.52. The molecule has 1 aliphatic carbocycles. The van der Waals surface area contributed by atoms with Crippen LogP contribution in [0.15, 0.2) is 18.2 Å². The minimum atomic E-state index is -4.99. The third kappa shape index (κ3) is 5.63. The van der Waals surface area contributed by atoms with E-state index in [1.807, 2.05) is 0 Å². The lowest BCUT2D eigenvalue weighted by Gasteiger charge is -2.17. The Morgan fingerprint density at radius 3 is 1.92 bits per heavy atom. The minimum absolute atomic E-state index is 0.0132. The molecule has 1 saturated carbocycles. The Bertz CT molecular complexity index is 663. The van der Waals surface area contributed by atoms with Crippen molar-refractivity contribution in [2.24, 2.45) is 11.7 Å². The summed E-state index contributed by atoms with van der Waals surface area (Å²) in [6.45, 7) is 0. The van der Waals surface area contributed by atoms with Crippen LogP contribution in [0, 0.1) is 5.92 Å². The van der Waals surface area contributed by atoms with Crippen molar-refractivity contribution in [3.63, 3.8) is 0 Å². The summed E-state index contributed by atoms with van der Waals surface area (Å²) in [7, 11) is 0. The van der Waals surface area contributed by atoms with Crippen molar-refractivity contribution < 1.29 is 35.9 Å². The monoisotopic (exact) mass is 382 g/mol. The Morgan fingerprint density at radius 1 is 1.04 bits per heavy atom. The maximum absolute atomic E-state index is 12.8. The number of carbonyl (C=O) groups excluding carboxylic acids is 2. The van der Waals surface area contributed by atoms with Gasteiger partial charge in [0.2, 0.25) is 11.8 Å². The van der Waals surface area contributed by atoms with Gasteiger partial charge in [0.15, 0.2) is 0 Å². The number of nitrogens with two attached hydrogens (primary N) is 1. The Balaban J connectivity index is 2.18. The number of primary amides is 1. The molecule has 3 N–H and O–H groups in total.